The van der Waals surface area contributed by atoms with Crippen LogP contribution in [0.25, 0.3) is 0 Å². The van der Waals surface area contributed by atoms with E-state index < -0.39 is 41.3 Å². The fourth-order valence-corrected chi connectivity index (χ4v) is 7.36. The lowest BCUT2D eigenvalue weighted by molar-refractivity contribution is -0.151. The topological polar surface area (TPSA) is 152 Å². The molecular formula is C25H21N5O6S3. The average Bonchev–Trinajstić information content (AvgIpc) is 3.38. The Bertz CT molecular complexity index is 1450. The number of esters is 1. The number of rotatable bonds is 9. The summed E-state index contributed by atoms with van der Waals surface area (Å²) in [6.07, 6.45) is 0.0960. The summed E-state index contributed by atoms with van der Waals surface area (Å²) in [6.45, 7) is 1.83. The third kappa shape index (κ3) is 5.67. The molecule has 3 aromatic rings. The molecule has 1 fully saturated rings. The number of hydrogen-bond donors (Lipinski definition) is 2. The summed E-state index contributed by atoms with van der Waals surface area (Å²) in [5, 5.41) is 20.8. The van der Waals surface area contributed by atoms with Crippen LogP contribution < -0.4 is 5.32 Å². The summed E-state index contributed by atoms with van der Waals surface area (Å²) in [7, 11) is 0. The van der Waals surface area contributed by atoms with Crippen molar-refractivity contribution in [2.75, 3.05) is 11.5 Å². The Balaban J connectivity index is 1.31. The van der Waals surface area contributed by atoms with E-state index in [0.29, 0.717) is 27.0 Å². The van der Waals surface area contributed by atoms with Gasteiger partial charge in [0.1, 0.15) is 27.8 Å². The second-order valence-corrected chi connectivity index (χ2v) is 11.9. The van der Waals surface area contributed by atoms with Crippen LogP contribution in [0.4, 0.5) is 0 Å². The summed E-state index contributed by atoms with van der Waals surface area (Å²) >= 11 is 4.13. The van der Waals surface area contributed by atoms with Gasteiger partial charge in [0.25, 0.3) is 11.8 Å². The largest absolute Gasteiger partial charge is 0.477 e. The molecule has 0 saturated carbocycles. The number of pyridine rings is 1. The molecule has 2 aliphatic rings. The Morgan fingerprint density at radius 2 is 1.95 bits per heavy atom. The van der Waals surface area contributed by atoms with E-state index in [1.807, 2.05) is 6.92 Å². The number of carboxylic acid groups (broad SMARTS) is 1. The molecule has 0 spiro atoms. The number of fused-ring (bicyclic) bond motifs is 1. The van der Waals surface area contributed by atoms with Gasteiger partial charge in [-0.1, -0.05) is 59.5 Å². The SMILES string of the molecule is Cc1nnc(SCC2=C(C(=O)O)N3C(=O)C(NC(=O)C(OC(=O)c4ccccn4)c4ccccc4)[C@H]3SC2)s1. The molecule has 2 amide bonds. The van der Waals surface area contributed by atoms with Crippen LogP contribution in [-0.4, -0.2) is 71.9 Å². The summed E-state index contributed by atoms with van der Waals surface area (Å²) < 4.78 is 6.23. The minimum absolute atomic E-state index is 0.0327. The Morgan fingerprint density at radius 1 is 1.18 bits per heavy atom. The number of hydrogen-bond acceptors (Lipinski definition) is 11. The summed E-state index contributed by atoms with van der Waals surface area (Å²) in [5.41, 5.74) is 0.956. The molecule has 11 nitrogen and oxygen atoms in total. The number of aromatic nitrogens is 3. The number of ether oxygens (including phenoxy) is 1. The predicted molar refractivity (Wildman–Crippen MR) is 144 cm³/mol. The molecule has 200 valence electrons. The van der Waals surface area contributed by atoms with E-state index in [1.54, 1.807) is 42.5 Å². The monoisotopic (exact) mass is 583 g/mol. The number of β-lactam (4-membered cyclic amide) rings is 1. The first-order chi connectivity index (χ1) is 18.8. The lowest BCUT2D eigenvalue weighted by atomic mass is 10.0. The van der Waals surface area contributed by atoms with E-state index in [2.05, 4.69) is 20.5 Å². The minimum Gasteiger partial charge on any atom is -0.477 e. The van der Waals surface area contributed by atoms with Gasteiger partial charge in [-0.15, -0.1) is 22.0 Å². The highest BCUT2D eigenvalue weighted by Gasteiger charge is 2.54. The van der Waals surface area contributed by atoms with Crippen molar-refractivity contribution < 1.29 is 29.0 Å². The predicted octanol–water partition coefficient (Wildman–Crippen LogP) is 2.67. The van der Waals surface area contributed by atoms with Gasteiger partial charge in [0, 0.05) is 23.3 Å². The van der Waals surface area contributed by atoms with Gasteiger partial charge in [-0.25, -0.2) is 14.6 Å². The minimum atomic E-state index is -1.34. The zero-order valence-electron chi connectivity index (χ0n) is 20.3. The van der Waals surface area contributed by atoms with Gasteiger partial charge in [-0.2, -0.15) is 0 Å². The molecule has 2 unspecified atom stereocenters. The number of aliphatic carboxylic acids is 1. The second-order valence-electron chi connectivity index (χ2n) is 8.44. The summed E-state index contributed by atoms with van der Waals surface area (Å²) in [4.78, 5) is 56.5. The van der Waals surface area contributed by atoms with E-state index in [9.17, 15) is 24.3 Å². The van der Waals surface area contributed by atoms with Crippen molar-refractivity contribution in [1.82, 2.24) is 25.4 Å². The highest BCUT2D eigenvalue weighted by Crippen LogP contribution is 2.42. The molecule has 2 N–H and O–H groups in total. The Hall–Kier alpha value is -3.75. The van der Waals surface area contributed by atoms with Gasteiger partial charge in [-0.05, 0) is 24.6 Å². The molecule has 4 heterocycles. The first-order valence-corrected chi connectivity index (χ1v) is 14.5. The zero-order valence-corrected chi connectivity index (χ0v) is 22.8. The van der Waals surface area contributed by atoms with E-state index >= 15 is 0 Å². The number of aryl methyl sites for hydroxylation is 1. The third-order valence-electron chi connectivity index (χ3n) is 5.86. The highest BCUT2D eigenvalue weighted by atomic mass is 32.2. The van der Waals surface area contributed by atoms with Crippen LogP contribution in [0.3, 0.4) is 0 Å². The number of carboxylic acids is 1. The van der Waals surface area contributed by atoms with E-state index in [4.69, 9.17) is 4.74 Å². The van der Waals surface area contributed by atoms with Crippen LogP contribution in [0.2, 0.25) is 0 Å². The van der Waals surface area contributed by atoms with Gasteiger partial charge in [0.2, 0.25) is 6.10 Å². The molecule has 2 aliphatic heterocycles. The van der Waals surface area contributed by atoms with E-state index in [0.717, 1.165) is 5.01 Å². The number of nitrogens with zero attached hydrogens (tertiary/aromatic N) is 4. The Kier molecular flexibility index (Phi) is 7.95. The Morgan fingerprint density at radius 3 is 2.62 bits per heavy atom. The van der Waals surface area contributed by atoms with Gasteiger partial charge in [0.15, 0.2) is 4.34 Å². The Labute approximate surface area is 235 Å². The van der Waals surface area contributed by atoms with E-state index in [-0.39, 0.29) is 11.4 Å². The number of carbonyl (C=O) groups excluding carboxylic acids is 3. The van der Waals surface area contributed by atoms with Crippen LogP contribution in [0.15, 0.2) is 70.3 Å². The normalized spacial score (nSPS) is 19.1. The second kappa shape index (κ2) is 11.6. The smallest absolute Gasteiger partial charge is 0.358 e. The maximum atomic E-state index is 13.3. The molecule has 3 atom stereocenters. The molecule has 1 aromatic carbocycles. The average molecular weight is 584 g/mol. The van der Waals surface area contributed by atoms with Crippen molar-refractivity contribution >= 4 is 58.6 Å². The maximum absolute atomic E-state index is 13.3. The quantitative estimate of drug-likeness (QED) is 0.217. The van der Waals surface area contributed by atoms with Crippen molar-refractivity contribution in [2.24, 2.45) is 0 Å². The molecule has 0 radical (unpaired) electrons. The van der Waals surface area contributed by atoms with Crippen LogP contribution in [-0.2, 0) is 19.1 Å². The van der Waals surface area contributed by atoms with Crippen LogP contribution in [0, 0.1) is 6.92 Å². The van der Waals surface area contributed by atoms with Crippen LogP contribution in [0.5, 0.6) is 0 Å². The molecule has 2 aromatic heterocycles. The molecular weight excluding hydrogens is 563 g/mol. The fourth-order valence-electron chi connectivity index (χ4n) is 4.06. The number of carbonyl (C=O) groups is 4. The van der Waals surface area contributed by atoms with Crippen molar-refractivity contribution in [1.29, 1.82) is 0 Å². The maximum Gasteiger partial charge on any atom is 0.358 e. The highest BCUT2D eigenvalue weighted by molar-refractivity contribution is 8.01. The standard InChI is InChI=1S/C25H21N5O6S3/c1-13-28-29-25(39-13)38-12-15-11-37-22-17(21(32)30(22)18(15)23(33)34)27-20(31)19(14-7-3-2-4-8-14)36-24(35)16-9-5-6-10-26-16/h2-10,17,19,22H,11-12H2,1H3,(H,27,31)(H,33,34)/t17?,19?,22-/m1/s1. The molecule has 39 heavy (non-hydrogen) atoms. The lowest BCUT2D eigenvalue weighted by Crippen LogP contribution is -2.71. The molecule has 0 aliphatic carbocycles. The van der Waals surface area contributed by atoms with E-state index in [1.165, 1.54) is 52.0 Å². The first kappa shape index (κ1) is 26.8. The van der Waals surface area contributed by atoms with Gasteiger partial charge >= 0.3 is 11.9 Å². The third-order valence-corrected chi connectivity index (χ3v) is 9.26. The van der Waals surface area contributed by atoms with Crippen molar-refractivity contribution in [3.63, 3.8) is 0 Å². The number of nitrogens with one attached hydrogen (secondary N) is 1. The molecule has 0 bridgehead atoms. The zero-order chi connectivity index (χ0) is 27.5. The van der Waals surface area contributed by atoms with Crippen molar-refractivity contribution in [3.8, 4) is 0 Å². The number of benzene rings is 1. The van der Waals surface area contributed by atoms with Crippen molar-refractivity contribution in [3.05, 3.63) is 82.3 Å². The number of thioether (sulfide) groups is 2. The lowest BCUT2D eigenvalue weighted by Gasteiger charge is -2.49. The summed E-state index contributed by atoms with van der Waals surface area (Å²) in [6, 6.07) is 12.2. The van der Waals surface area contributed by atoms with Crippen LogP contribution in [0.1, 0.15) is 27.2 Å². The van der Waals surface area contributed by atoms with Crippen LogP contribution >= 0.6 is 34.9 Å². The van der Waals surface area contributed by atoms with Gasteiger partial charge in [0.05, 0.1) is 0 Å². The van der Waals surface area contributed by atoms with Gasteiger partial charge in [-0.3, -0.25) is 14.5 Å². The molecule has 5 rings (SSSR count). The number of amides is 2. The molecule has 14 heteroatoms. The summed E-state index contributed by atoms with van der Waals surface area (Å²) in [5.74, 6) is -2.54. The fraction of sp³-hybridized carbons (Fsp3) is 0.240. The van der Waals surface area contributed by atoms with Crippen molar-refractivity contribution in [2.45, 2.75) is 28.8 Å². The van der Waals surface area contributed by atoms with Gasteiger partial charge < -0.3 is 15.2 Å². The first-order valence-electron chi connectivity index (χ1n) is 11.6. The molecule has 1 saturated heterocycles.